The second-order valence-electron chi connectivity index (χ2n) is 8.17. The predicted molar refractivity (Wildman–Crippen MR) is 114 cm³/mol. The van der Waals surface area contributed by atoms with Crippen molar-refractivity contribution in [2.45, 2.75) is 6.61 Å². The van der Waals surface area contributed by atoms with Gasteiger partial charge in [-0.15, -0.1) is 0 Å². The van der Waals surface area contributed by atoms with Gasteiger partial charge < -0.3 is 9.38 Å². The standard InChI is InChI=1S/C22H24NO4P/c1-23(2,3)13-14-26-28(24,25)27-15-19-10-9-18-8-7-16-5-4-6-17-11-12-20(19)22(18)21(16)17/h4-12H,13-15H2,1-3H3/p+1. The van der Waals surface area contributed by atoms with Gasteiger partial charge in [0, 0.05) is 0 Å². The van der Waals surface area contributed by atoms with Gasteiger partial charge in [-0.1, -0.05) is 54.6 Å². The number of hydrogen-bond donors (Lipinski definition) is 1. The molecule has 5 nitrogen and oxygen atoms in total. The lowest BCUT2D eigenvalue weighted by molar-refractivity contribution is -0.870. The molecule has 0 radical (unpaired) electrons. The second-order valence-corrected chi connectivity index (χ2v) is 9.62. The monoisotopic (exact) mass is 398 g/mol. The number of nitrogens with zero attached hydrogens (tertiary/aromatic N) is 1. The molecule has 4 aromatic carbocycles. The van der Waals surface area contributed by atoms with Gasteiger partial charge >= 0.3 is 7.82 Å². The highest BCUT2D eigenvalue weighted by atomic mass is 31.2. The van der Waals surface area contributed by atoms with E-state index in [-0.39, 0.29) is 13.2 Å². The summed E-state index contributed by atoms with van der Waals surface area (Å²) >= 11 is 0. The van der Waals surface area contributed by atoms with E-state index >= 15 is 0 Å². The van der Waals surface area contributed by atoms with E-state index in [1.165, 1.54) is 16.2 Å². The average molecular weight is 398 g/mol. The number of likely N-dealkylation sites (N-methyl/N-ethyl adjacent to an activating group) is 1. The van der Waals surface area contributed by atoms with E-state index in [1.807, 2.05) is 33.3 Å². The van der Waals surface area contributed by atoms with E-state index < -0.39 is 7.82 Å². The van der Waals surface area contributed by atoms with Crippen molar-refractivity contribution in [3.63, 3.8) is 0 Å². The normalized spacial score (nSPS) is 14.9. The van der Waals surface area contributed by atoms with E-state index in [0.717, 1.165) is 21.7 Å². The van der Waals surface area contributed by atoms with Crippen molar-refractivity contribution in [3.8, 4) is 0 Å². The number of benzene rings is 4. The van der Waals surface area contributed by atoms with Crippen LogP contribution in [-0.4, -0.2) is 43.7 Å². The summed E-state index contributed by atoms with van der Waals surface area (Å²) in [6.45, 7) is 0.800. The molecule has 0 spiro atoms. The lowest BCUT2D eigenvalue weighted by atomic mass is 9.92. The van der Waals surface area contributed by atoms with Crippen LogP contribution < -0.4 is 0 Å². The maximum atomic E-state index is 12.2. The number of phosphoric acid groups is 1. The fourth-order valence-electron chi connectivity index (χ4n) is 3.54. The first kappa shape index (κ1) is 19.3. The molecule has 0 aliphatic heterocycles. The molecular weight excluding hydrogens is 373 g/mol. The molecule has 4 aromatic rings. The minimum Gasteiger partial charge on any atom is -0.329 e. The Morgan fingerprint density at radius 1 is 0.857 bits per heavy atom. The number of phosphoric ester groups is 1. The Kier molecular flexibility index (Phi) is 4.90. The van der Waals surface area contributed by atoms with Gasteiger partial charge in [0.25, 0.3) is 0 Å². The second kappa shape index (κ2) is 7.11. The van der Waals surface area contributed by atoms with Crippen LogP contribution >= 0.6 is 7.82 Å². The molecular formula is C22H25NO4P+. The Hall–Kier alpha value is -2.01. The van der Waals surface area contributed by atoms with E-state index in [4.69, 9.17) is 9.05 Å². The first-order chi connectivity index (χ1) is 13.2. The van der Waals surface area contributed by atoms with Gasteiger partial charge in [-0.3, -0.25) is 9.05 Å². The van der Waals surface area contributed by atoms with Crippen LogP contribution in [0.4, 0.5) is 0 Å². The van der Waals surface area contributed by atoms with Crippen molar-refractivity contribution in [2.24, 2.45) is 0 Å². The van der Waals surface area contributed by atoms with Crippen LogP contribution in [0.3, 0.4) is 0 Å². The quantitative estimate of drug-likeness (QED) is 0.273. The van der Waals surface area contributed by atoms with Gasteiger partial charge in [0.1, 0.15) is 13.2 Å². The highest BCUT2D eigenvalue weighted by molar-refractivity contribution is 7.47. The Labute approximate surface area is 164 Å². The van der Waals surface area contributed by atoms with Crippen LogP contribution in [0.2, 0.25) is 0 Å². The van der Waals surface area contributed by atoms with Gasteiger partial charge in [-0.2, -0.15) is 0 Å². The molecule has 0 saturated carbocycles. The number of rotatable bonds is 7. The van der Waals surface area contributed by atoms with Crippen molar-refractivity contribution >= 4 is 40.1 Å². The zero-order chi connectivity index (χ0) is 19.9. The van der Waals surface area contributed by atoms with Gasteiger partial charge in [-0.05, 0) is 37.9 Å². The topological polar surface area (TPSA) is 55.8 Å². The molecule has 1 atom stereocenters. The molecule has 0 heterocycles. The molecule has 0 aromatic heterocycles. The molecule has 0 saturated heterocycles. The summed E-state index contributed by atoms with van der Waals surface area (Å²) in [6.07, 6.45) is 0. The van der Waals surface area contributed by atoms with Gasteiger partial charge in [0.2, 0.25) is 0 Å². The third-order valence-corrected chi connectivity index (χ3v) is 5.98. The lowest BCUT2D eigenvalue weighted by Gasteiger charge is -2.24. The smallest absolute Gasteiger partial charge is 0.329 e. The van der Waals surface area contributed by atoms with Gasteiger partial charge in [0.15, 0.2) is 0 Å². The predicted octanol–water partition coefficient (Wildman–Crippen LogP) is 4.92. The molecule has 0 amide bonds. The summed E-state index contributed by atoms with van der Waals surface area (Å²) < 4.78 is 23.3. The van der Waals surface area contributed by atoms with Crippen LogP contribution in [0.5, 0.6) is 0 Å². The lowest BCUT2D eigenvalue weighted by Crippen LogP contribution is -2.37. The number of hydrogen-bond acceptors (Lipinski definition) is 3. The summed E-state index contributed by atoms with van der Waals surface area (Å²) in [7, 11) is 1.89. The van der Waals surface area contributed by atoms with Crippen molar-refractivity contribution in [3.05, 3.63) is 60.2 Å². The summed E-state index contributed by atoms with van der Waals surface area (Å²) in [5, 5.41) is 6.93. The molecule has 6 heteroatoms. The third-order valence-electron chi connectivity index (χ3n) is 5.02. The summed E-state index contributed by atoms with van der Waals surface area (Å²) in [5.74, 6) is 0. The summed E-state index contributed by atoms with van der Waals surface area (Å²) in [5.41, 5.74) is 0.871. The Balaban J connectivity index is 1.62. The van der Waals surface area contributed by atoms with Gasteiger partial charge in [-0.25, -0.2) is 4.57 Å². The molecule has 0 aliphatic carbocycles. The minimum absolute atomic E-state index is 0.0202. The van der Waals surface area contributed by atoms with Crippen LogP contribution in [0.1, 0.15) is 5.56 Å². The van der Waals surface area contributed by atoms with Crippen molar-refractivity contribution in [1.29, 1.82) is 0 Å². The fourth-order valence-corrected chi connectivity index (χ4v) is 4.23. The van der Waals surface area contributed by atoms with E-state index in [2.05, 4.69) is 42.5 Å². The van der Waals surface area contributed by atoms with E-state index in [0.29, 0.717) is 11.0 Å². The Morgan fingerprint density at radius 2 is 1.46 bits per heavy atom. The van der Waals surface area contributed by atoms with Crippen LogP contribution in [0.25, 0.3) is 32.3 Å². The first-order valence-electron chi connectivity index (χ1n) is 9.31. The fraction of sp³-hybridized carbons (Fsp3) is 0.273. The van der Waals surface area contributed by atoms with Crippen LogP contribution in [-0.2, 0) is 20.2 Å². The third kappa shape index (κ3) is 3.90. The molecule has 146 valence electrons. The van der Waals surface area contributed by atoms with Gasteiger partial charge in [0.05, 0.1) is 27.7 Å². The maximum Gasteiger partial charge on any atom is 0.472 e. The zero-order valence-corrected chi connectivity index (χ0v) is 17.3. The van der Waals surface area contributed by atoms with E-state index in [9.17, 15) is 9.46 Å². The maximum absolute atomic E-state index is 12.2. The Morgan fingerprint density at radius 3 is 2.14 bits per heavy atom. The largest absolute Gasteiger partial charge is 0.472 e. The summed E-state index contributed by atoms with van der Waals surface area (Å²) in [4.78, 5) is 10.0. The zero-order valence-electron chi connectivity index (χ0n) is 16.4. The highest BCUT2D eigenvalue weighted by Crippen LogP contribution is 2.45. The molecule has 0 aliphatic rings. The SMILES string of the molecule is C[N+](C)(C)CCOP(=O)(O)OCc1ccc2ccc3cccc4ccc1c2c34. The van der Waals surface area contributed by atoms with Crippen molar-refractivity contribution in [2.75, 3.05) is 34.3 Å². The average Bonchev–Trinajstić information content (AvgIpc) is 2.63. The summed E-state index contributed by atoms with van der Waals surface area (Å²) in [6, 6.07) is 18.6. The highest BCUT2D eigenvalue weighted by Gasteiger charge is 2.23. The minimum atomic E-state index is -4.10. The molecule has 4 rings (SSSR count). The van der Waals surface area contributed by atoms with Crippen molar-refractivity contribution < 1.29 is 23.0 Å². The molecule has 0 fully saturated rings. The number of quaternary nitrogens is 1. The first-order valence-corrected chi connectivity index (χ1v) is 10.8. The van der Waals surface area contributed by atoms with Crippen molar-refractivity contribution in [1.82, 2.24) is 0 Å². The van der Waals surface area contributed by atoms with Crippen LogP contribution in [0, 0.1) is 0 Å². The van der Waals surface area contributed by atoms with E-state index in [1.54, 1.807) is 0 Å². The molecule has 1 N–H and O–H groups in total. The molecule has 0 bridgehead atoms. The molecule has 1 unspecified atom stereocenters. The molecule has 28 heavy (non-hydrogen) atoms. The van der Waals surface area contributed by atoms with Crippen LogP contribution in [0.15, 0.2) is 54.6 Å². The Bertz CT molecular complexity index is 1170.